The van der Waals surface area contributed by atoms with E-state index in [1.165, 1.54) is 9.80 Å². The van der Waals surface area contributed by atoms with Gasteiger partial charge in [0, 0.05) is 13.1 Å². The summed E-state index contributed by atoms with van der Waals surface area (Å²) in [6.07, 6.45) is 0. The molecule has 2 fully saturated rings. The van der Waals surface area contributed by atoms with E-state index in [1.54, 1.807) is 0 Å². The lowest BCUT2D eigenvalue weighted by molar-refractivity contribution is -0.136. The zero-order chi connectivity index (χ0) is 22.9. The molecule has 0 aromatic heterocycles. The van der Waals surface area contributed by atoms with Crippen molar-refractivity contribution in [2.45, 2.75) is 25.2 Å². The number of likely N-dealkylation sites (tertiary alicyclic amines) is 1. The molecule has 2 unspecified atom stereocenters. The van der Waals surface area contributed by atoms with Crippen LogP contribution in [0, 0.1) is 0 Å². The molecule has 6 nitrogen and oxygen atoms in total. The monoisotopic (exact) mass is 437 g/mol. The maximum atomic E-state index is 13.6. The highest BCUT2D eigenvalue weighted by molar-refractivity contribution is 6.17. The van der Waals surface area contributed by atoms with Gasteiger partial charge in [0.1, 0.15) is 12.1 Å². The Morgan fingerprint density at radius 3 is 1.45 bits per heavy atom. The van der Waals surface area contributed by atoms with Crippen LogP contribution in [0.1, 0.15) is 16.7 Å². The Labute approximate surface area is 192 Å². The molecule has 2 aliphatic rings. The standard InChI is InChI=1S/C27H23N3O3/c1-19(22-15-9-4-10-16-22)30-25(31)23-24(26(30)32)29(18-21-13-7-3-8-14-21)27(33)28(23)17-20-11-5-2-6-12-20/h2-16,23-24H,1,17-18H2. The minimum atomic E-state index is -0.894. The Morgan fingerprint density at radius 1 is 0.636 bits per heavy atom. The number of nitrogens with zero attached hydrogens (tertiary/aromatic N) is 3. The third-order valence-corrected chi connectivity index (χ3v) is 6.18. The largest absolute Gasteiger partial charge is 0.322 e. The molecule has 2 atom stereocenters. The van der Waals surface area contributed by atoms with Gasteiger partial charge in [-0.2, -0.15) is 0 Å². The van der Waals surface area contributed by atoms with Crippen molar-refractivity contribution in [3.05, 3.63) is 114 Å². The summed E-state index contributed by atoms with van der Waals surface area (Å²) in [5, 5.41) is 0. The van der Waals surface area contributed by atoms with Gasteiger partial charge in [-0.3, -0.25) is 9.59 Å². The van der Waals surface area contributed by atoms with Crippen molar-refractivity contribution in [2.75, 3.05) is 0 Å². The molecule has 164 valence electrons. The van der Waals surface area contributed by atoms with Crippen LogP contribution in [0.25, 0.3) is 5.70 Å². The van der Waals surface area contributed by atoms with E-state index < -0.39 is 23.9 Å². The summed E-state index contributed by atoms with van der Waals surface area (Å²) in [6, 6.07) is 26.0. The minimum absolute atomic E-state index is 0.247. The first-order chi connectivity index (χ1) is 16.1. The second-order valence-corrected chi connectivity index (χ2v) is 8.22. The van der Waals surface area contributed by atoms with Crippen LogP contribution in [0.3, 0.4) is 0 Å². The molecule has 0 bridgehead atoms. The van der Waals surface area contributed by atoms with Gasteiger partial charge in [-0.25, -0.2) is 9.69 Å². The summed E-state index contributed by atoms with van der Waals surface area (Å²) >= 11 is 0. The Morgan fingerprint density at radius 2 is 1.03 bits per heavy atom. The van der Waals surface area contributed by atoms with E-state index in [4.69, 9.17) is 0 Å². The molecule has 3 aromatic rings. The lowest BCUT2D eigenvalue weighted by atomic mass is 10.1. The molecule has 0 N–H and O–H groups in total. The van der Waals surface area contributed by atoms with E-state index in [-0.39, 0.29) is 19.1 Å². The smallest absolute Gasteiger partial charge is 0.306 e. The fourth-order valence-corrected chi connectivity index (χ4v) is 4.57. The molecule has 4 amide bonds. The van der Waals surface area contributed by atoms with Crippen LogP contribution in [0.4, 0.5) is 4.79 Å². The zero-order valence-corrected chi connectivity index (χ0v) is 18.0. The third kappa shape index (κ3) is 3.59. The van der Waals surface area contributed by atoms with Gasteiger partial charge in [0.25, 0.3) is 11.8 Å². The molecule has 0 saturated carbocycles. The van der Waals surface area contributed by atoms with E-state index in [0.29, 0.717) is 11.3 Å². The zero-order valence-electron chi connectivity index (χ0n) is 18.0. The molecule has 2 aliphatic heterocycles. The van der Waals surface area contributed by atoms with E-state index in [2.05, 4.69) is 6.58 Å². The molecule has 33 heavy (non-hydrogen) atoms. The summed E-state index contributed by atoms with van der Waals surface area (Å²) in [7, 11) is 0. The number of hydrogen-bond acceptors (Lipinski definition) is 3. The first-order valence-electron chi connectivity index (χ1n) is 10.8. The molecule has 6 heteroatoms. The van der Waals surface area contributed by atoms with Crippen LogP contribution in [-0.4, -0.2) is 44.6 Å². The summed E-state index contributed by atoms with van der Waals surface area (Å²) < 4.78 is 0. The van der Waals surface area contributed by atoms with Gasteiger partial charge in [0.2, 0.25) is 0 Å². The van der Waals surface area contributed by atoms with Gasteiger partial charge in [0.15, 0.2) is 0 Å². The van der Waals surface area contributed by atoms with Crippen LogP contribution >= 0.6 is 0 Å². The number of urea groups is 1. The van der Waals surface area contributed by atoms with Gasteiger partial charge in [-0.1, -0.05) is 97.6 Å². The van der Waals surface area contributed by atoms with Crippen LogP contribution in [-0.2, 0) is 22.7 Å². The van der Waals surface area contributed by atoms with Crippen molar-refractivity contribution in [2.24, 2.45) is 0 Å². The maximum Gasteiger partial charge on any atom is 0.322 e. The molecule has 2 heterocycles. The van der Waals surface area contributed by atoms with Crippen molar-refractivity contribution in [1.29, 1.82) is 0 Å². The number of imide groups is 1. The van der Waals surface area contributed by atoms with E-state index >= 15 is 0 Å². The minimum Gasteiger partial charge on any atom is -0.306 e. The van der Waals surface area contributed by atoms with Gasteiger partial charge in [-0.15, -0.1) is 0 Å². The predicted molar refractivity (Wildman–Crippen MR) is 124 cm³/mol. The SMILES string of the molecule is C=C(c1ccccc1)N1C(=O)C2C(C1=O)N(Cc1ccccc1)C(=O)N2Cc1ccccc1. The first kappa shape index (κ1) is 20.7. The molecular formula is C27H23N3O3. The maximum absolute atomic E-state index is 13.6. The normalized spacial score (nSPS) is 19.9. The van der Waals surface area contributed by atoms with Crippen molar-refractivity contribution < 1.29 is 14.4 Å². The first-order valence-corrected chi connectivity index (χ1v) is 10.8. The van der Waals surface area contributed by atoms with Crippen molar-refractivity contribution in [3.8, 4) is 0 Å². The molecule has 0 spiro atoms. The Balaban J connectivity index is 1.52. The van der Waals surface area contributed by atoms with Gasteiger partial charge < -0.3 is 9.80 Å². The lowest BCUT2D eigenvalue weighted by Gasteiger charge is -2.26. The predicted octanol–water partition coefficient (Wildman–Crippen LogP) is 3.90. The highest BCUT2D eigenvalue weighted by Crippen LogP contribution is 2.37. The molecule has 2 saturated heterocycles. The van der Waals surface area contributed by atoms with Gasteiger partial charge >= 0.3 is 6.03 Å². The quantitative estimate of drug-likeness (QED) is 0.550. The fourth-order valence-electron chi connectivity index (χ4n) is 4.57. The Hall–Kier alpha value is -4.19. The number of carbonyl (C=O) groups excluding carboxylic acids is 3. The highest BCUT2D eigenvalue weighted by atomic mass is 16.2. The van der Waals surface area contributed by atoms with Crippen molar-refractivity contribution >= 4 is 23.5 Å². The second-order valence-electron chi connectivity index (χ2n) is 8.22. The Kier molecular flexibility index (Phi) is 5.26. The number of rotatable bonds is 6. The molecule has 3 aromatic carbocycles. The van der Waals surface area contributed by atoms with E-state index in [0.717, 1.165) is 16.0 Å². The lowest BCUT2D eigenvalue weighted by Crippen LogP contribution is -2.43. The average Bonchev–Trinajstić information content (AvgIpc) is 3.26. The highest BCUT2D eigenvalue weighted by Gasteiger charge is 2.61. The number of benzene rings is 3. The van der Waals surface area contributed by atoms with Gasteiger partial charge in [0.05, 0.1) is 5.70 Å². The summed E-state index contributed by atoms with van der Waals surface area (Å²) in [5.74, 6) is -0.836. The molecule has 0 aliphatic carbocycles. The van der Waals surface area contributed by atoms with Crippen LogP contribution in [0.15, 0.2) is 97.6 Å². The summed E-state index contributed by atoms with van der Waals surface area (Å²) in [4.78, 5) is 44.8. The topological polar surface area (TPSA) is 60.9 Å². The second kappa shape index (κ2) is 8.39. The van der Waals surface area contributed by atoms with Crippen molar-refractivity contribution in [1.82, 2.24) is 14.7 Å². The van der Waals surface area contributed by atoms with Crippen LogP contribution in [0.2, 0.25) is 0 Å². The average molecular weight is 437 g/mol. The molecular weight excluding hydrogens is 414 g/mol. The third-order valence-electron chi connectivity index (χ3n) is 6.18. The number of hydrogen-bond donors (Lipinski definition) is 0. The van der Waals surface area contributed by atoms with Crippen LogP contribution < -0.4 is 0 Å². The van der Waals surface area contributed by atoms with E-state index in [9.17, 15) is 14.4 Å². The number of fused-ring (bicyclic) bond motifs is 1. The number of amides is 4. The Bertz CT molecular complexity index is 1140. The van der Waals surface area contributed by atoms with Crippen LogP contribution in [0.5, 0.6) is 0 Å². The summed E-state index contributed by atoms with van der Waals surface area (Å²) in [6.45, 7) is 4.53. The molecule has 5 rings (SSSR count). The molecule has 0 radical (unpaired) electrons. The fraction of sp³-hybridized carbons (Fsp3) is 0.148. The van der Waals surface area contributed by atoms with E-state index in [1.807, 2.05) is 91.0 Å². The van der Waals surface area contributed by atoms with Gasteiger partial charge in [-0.05, 0) is 16.7 Å². The number of carbonyl (C=O) groups is 3. The summed E-state index contributed by atoms with van der Waals surface area (Å²) in [5.41, 5.74) is 2.81. The van der Waals surface area contributed by atoms with Crippen molar-refractivity contribution in [3.63, 3.8) is 0 Å².